The molecule has 0 unspecified atom stereocenters. The summed E-state index contributed by atoms with van der Waals surface area (Å²) in [6.07, 6.45) is 1.35. The molecule has 1 saturated heterocycles. The molecule has 1 aliphatic rings. The molecule has 0 bridgehead atoms. The van der Waals surface area contributed by atoms with Gasteiger partial charge in [-0.15, -0.1) is 0 Å². The van der Waals surface area contributed by atoms with Crippen LogP contribution in [-0.2, 0) is 0 Å². The lowest BCUT2D eigenvalue weighted by Gasteiger charge is -2.31. The molecule has 3 rings (SSSR count). The molecule has 148 valence electrons. The highest BCUT2D eigenvalue weighted by Crippen LogP contribution is 2.30. The van der Waals surface area contributed by atoms with Crippen LogP contribution in [0, 0.1) is 5.92 Å². The fourth-order valence-electron chi connectivity index (χ4n) is 3.41. The predicted octanol–water partition coefficient (Wildman–Crippen LogP) is 4.22. The zero-order valence-electron chi connectivity index (χ0n) is 16.3. The van der Waals surface area contributed by atoms with Crippen LogP contribution in [0.3, 0.4) is 0 Å². The van der Waals surface area contributed by atoms with E-state index in [0.717, 1.165) is 5.56 Å². The number of likely N-dealkylation sites (tertiary alicyclic amines) is 1. The number of ketones is 1. The molecule has 1 aliphatic heterocycles. The number of nitrogens with one attached hydrogen (secondary N) is 1. The molecule has 6 nitrogen and oxygen atoms in total. The molecule has 0 saturated carbocycles. The number of hydrogen-bond donors (Lipinski definition) is 1. The van der Waals surface area contributed by atoms with Crippen LogP contribution >= 0.6 is 0 Å². The van der Waals surface area contributed by atoms with Gasteiger partial charge in [0.2, 0.25) is 0 Å². The van der Waals surface area contributed by atoms with Gasteiger partial charge in [0.1, 0.15) is 0 Å². The van der Waals surface area contributed by atoms with Gasteiger partial charge in [-0.05, 0) is 31.9 Å². The fraction of sp³-hybridized carbons (Fsp3) is 0.364. The number of rotatable bonds is 6. The summed E-state index contributed by atoms with van der Waals surface area (Å²) in [7, 11) is 1.58. The van der Waals surface area contributed by atoms with E-state index in [1.54, 1.807) is 30.2 Å². The lowest BCUT2D eigenvalue weighted by atomic mass is 9.89. The number of Topliss-reactive ketones (excluding diaryl/α,β-unsaturated/α-hetero) is 1. The fourth-order valence-corrected chi connectivity index (χ4v) is 3.41. The van der Waals surface area contributed by atoms with E-state index in [1.807, 2.05) is 37.3 Å². The highest BCUT2D eigenvalue weighted by atomic mass is 16.5. The van der Waals surface area contributed by atoms with E-state index in [2.05, 4.69) is 5.32 Å². The van der Waals surface area contributed by atoms with Crippen LogP contribution in [0.2, 0.25) is 0 Å². The standard InChI is InChI=1S/C22H26N2O4/c1-3-28-20-15-18(9-10-19(20)27-2)23-22(26)24-13-11-17(12-14-24)21(25)16-7-5-4-6-8-16/h4-10,15,17H,3,11-14H2,1-2H3,(H,23,26). The normalized spacial score (nSPS) is 14.4. The minimum atomic E-state index is -0.168. The third kappa shape index (κ3) is 4.63. The quantitative estimate of drug-likeness (QED) is 0.760. The first-order chi connectivity index (χ1) is 13.6. The van der Waals surface area contributed by atoms with Crippen LogP contribution in [0.5, 0.6) is 11.5 Å². The van der Waals surface area contributed by atoms with Crippen molar-refractivity contribution in [2.24, 2.45) is 5.92 Å². The number of anilines is 1. The van der Waals surface area contributed by atoms with Crippen molar-refractivity contribution in [1.82, 2.24) is 4.90 Å². The van der Waals surface area contributed by atoms with Crippen LogP contribution in [-0.4, -0.2) is 43.5 Å². The van der Waals surface area contributed by atoms with Crippen LogP contribution in [0.25, 0.3) is 0 Å². The maximum Gasteiger partial charge on any atom is 0.321 e. The third-order valence-electron chi connectivity index (χ3n) is 4.93. The Hall–Kier alpha value is -3.02. The number of benzene rings is 2. The number of amides is 2. The van der Waals surface area contributed by atoms with E-state index in [9.17, 15) is 9.59 Å². The summed E-state index contributed by atoms with van der Waals surface area (Å²) in [5.74, 6) is 1.35. The number of nitrogens with zero attached hydrogens (tertiary/aromatic N) is 1. The summed E-state index contributed by atoms with van der Waals surface area (Å²) in [5, 5.41) is 2.90. The first-order valence-electron chi connectivity index (χ1n) is 9.58. The van der Waals surface area contributed by atoms with Crippen molar-refractivity contribution in [3.8, 4) is 11.5 Å². The van der Waals surface area contributed by atoms with Gasteiger partial charge in [-0.1, -0.05) is 30.3 Å². The Morgan fingerprint density at radius 2 is 1.79 bits per heavy atom. The molecule has 0 atom stereocenters. The summed E-state index contributed by atoms with van der Waals surface area (Å²) >= 11 is 0. The van der Waals surface area contributed by atoms with Crippen molar-refractivity contribution >= 4 is 17.5 Å². The second kappa shape index (κ2) is 9.26. The smallest absolute Gasteiger partial charge is 0.321 e. The molecule has 2 aromatic rings. The SMILES string of the molecule is CCOc1cc(NC(=O)N2CCC(C(=O)c3ccccc3)CC2)ccc1OC. The van der Waals surface area contributed by atoms with E-state index >= 15 is 0 Å². The van der Waals surface area contributed by atoms with Gasteiger partial charge in [-0.3, -0.25) is 4.79 Å². The van der Waals surface area contributed by atoms with Crippen molar-refractivity contribution in [2.45, 2.75) is 19.8 Å². The third-order valence-corrected chi connectivity index (χ3v) is 4.93. The van der Waals surface area contributed by atoms with Crippen molar-refractivity contribution in [1.29, 1.82) is 0 Å². The second-order valence-corrected chi connectivity index (χ2v) is 6.72. The first kappa shape index (κ1) is 19.7. The molecule has 0 aromatic heterocycles. The van der Waals surface area contributed by atoms with Crippen LogP contribution in [0.4, 0.5) is 10.5 Å². The lowest BCUT2D eigenvalue weighted by molar-refractivity contribution is 0.0859. The number of carbonyl (C=O) groups is 2. The number of urea groups is 1. The molecule has 2 amide bonds. The van der Waals surface area contributed by atoms with Gasteiger partial charge in [-0.2, -0.15) is 0 Å². The maximum absolute atomic E-state index is 12.6. The van der Waals surface area contributed by atoms with Gasteiger partial charge in [0.05, 0.1) is 13.7 Å². The van der Waals surface area contributed by atoms with Gasteiger partial charge < -0.3 is 19.7 Å². The van der Waals surface area contributed by atoms with Crippen LogP contribution in [0.1, 0.15) is 30.1 Å². The van der Waals surface area contributed by atoms with Gasteiger partial charge in [0.15, 0.2) is 17.3 Å². The van der Waals surface area contributed by atoms with E-state index < -0.39 is 0 Å². The summed E-state index contributed by atoms with van der Waals surface area (Å²) < 4.78 is 10.8. The molecule has 1 fully saturated rings. The van der Waals surface area contributed by atoms with Crippen molar-refractivity contribution < 1.29 is 19.1 Å². The average Bonchev–Trinajstić information content (AvgIpc) is 2.74. The molecule has 0 radical (unpaired) electrons. The predicted molar refractivity (Wildman–Crippen MR) is 108 cm³/mol. The van der Waals surface area contributed by atoms with Gasteiger partial charge in [-0.25, -0.2) is 4.79 Å². The van der Waals surface area contributed by atoms with Gasteiger partial charge in [0, 0.05) is 36.3 Å². The molecule has 1 heterocycles. The molecule has 6 heteroatoms. The van der Waals surface area contributed by atoms with Gasteiger partial charge in [0.25, 0.3) is 0 Å². The highest BCUT2D eigenvalue weighted by molar-refractivity contribution is 5.98. The summed E-state index contributed by atoms with van der Waals surface area (Å²) in [4.78, 5) is 26.9. The van der Waals surface area contributed by atoms with Crippen LogP contribution in [0.15, 0.2) is 48.5 Å². The largest absolute Gasteiger partial charge is 0.493 e. The Morgan fingerprint density at radius 1 is 1.07 bits per heavy atom. The minimum Gasteiger partial charge on any atom is -0.493 e. The Balaban J connectivity index is 1.57. The van der Waals surface area contributed by atoms with E-state index in [0.29, 0.717) is 49.7 Å². The topological polar surface area (TPSA) is 67.9 Å². The lowest BCUT2D eigenvalue weighted by Crippen LogP contribution is -2.42. The molecular formula is C22H26N2O4. The van der Waals surface area contributed by atoms with Crippen molar-refractivity contribution in [3.05, 3.63) is 54.1 Å². The Labute approximate surface area is 165 Å². The van der Waals surface area contributed by atoms with Gasteiger partial charge >= 0.3 is 6.03 Å². The second-order valence-electron chi connectivity index (χ2n) is 6.72. The summed E-state index contributed by atoms with van der Waals surface area (Å²) in [6.45, 7) is 3.52. The molecule has 0 aliphatic carbocycles. The van der Waals surface area contributed by atoms with E-state index in [1.165, 1.54) is 0 Å². The zero-order valence-corrected chi connectivity index (χ0v) is 16.3. The Kier molecular flexibility index (Phi) is 6.53. The monoisotopic (exact) mass is 382 g/mol. The minimum absolute atomic E-state index is 0.0306. The number of methoxy groups -OCH3 is 1. The number of hydrogen-bond acceptors (Lipinski definition) is 4. The molecular weight excluding hydrogens is 356 g/mol. The molecule has 1 N–H and O–H groups in total. The summed E-state index contributed by atoms with van der Waals surface area (Å²) in [6, 6.07) is 14.5. The molecule has 28 heavy (non-hydrogen) atoms. The zero-order chi connectivity index (χ0) is 19.9. The van der Waals surface area contributed by atoms with E-state index in [-0.39, 0.29) is 17.7 Å². The Morgan fingerprint density at radius 3 is 2.43 bits per heavy atom. The number of piperidine rings is 1. The molecule has 0 spiro atoms. The number of carbonyl (C=O) groups excluding carboxylic acids is 2. The van der Waals surface area contributed by atoms with Crippen molar-refractivity contribution in [2.75, 3.05) is 32.1 Å². The molecule has 2 aromatic carbocycles. The van der Waals surface area contributed by atoms with E-state index in [4.69, 9.17) is 9.47 Å². The van der Waals surface area contributed by atoms with Crippen molar-refractivity contribution in [3.63, 3.8) is 0 Å². The highest BCUT2D eigenvalue weighted by Gasteiger charge is 2.28. The van der Waals surface area contributed by atoms with Crippen LogP contribution < -0.4 is 14.8 Å². The Bertz CT molecular complexity index is 815. The first-order valence-corrected chi connectivity index (χ1v) is 9.58. The maximum atomic E-state index is 12.6. The average molecular weight is 382 g/mol. The summed E-state index contributed by atoms with van der Waals surface area (Å²) in [5.41, 5.74) is 1.39. The number of ether oxygens (including phenoxy) is 2.